The van der Waals surface area contributed by atoms with Gasteiger partial charge in [-0.15, -0.1) is 0 Å². The Labute approximate surface area is 93.4 Å². The van der Waals surface area contributed by atoms with Crippen LogP contribution in [-0.2, 0) is 17.6 Å². The molecule has 0 fully saturated rings. The summed E-state index contributed by atoms with van der Waals surface area (Å²) in [6.45, 7) is 2.21. The average molecular weight is 216 g/mol. The summed E-state index contributed by atoms with van der Waals surface area (Å²) < 4.78 is 4.60. The van der Waals surface area contributed by atoms with Crippen molar-refractivity contribution in [2.45, 2.75) is 26.2 Å². The molecule has 3 heteroatoms. The van der Waals surface area contributed by atoms with Crippen LogP contribution in [0, 0.1) is 5.92 Å². The van der Waals surface area contributed by atoms with Crippen LogP contribution in [-0.4, -0.2) is 11.9 Å². The van der Waals surface area contributed by atoms with Gasteiger partial charge in [0.25, 0.3) is 0 Å². The van der Waals surface area contributed by atoms with E-state index in [4.69, 9.17) is 0 Å². The molecule has 2 aliphatic rings. The van der Waals surface area contributed by atoms with E-state index in [1.54, 1.807) is 0 Å². The van der Waals surface area contributed by atoms with Gasteiger partial charge < -0.3 is 4.74 Å². The van der Waals surface area contributed by atoms with Gasteiger partial charge in [0.2, 0.25) is 0 Å². The van der Waals surface area contributed by atoms with E-state index in [0.29, 0.717) is 17.0 Å². The molecule has 3 rings (SSSR count). The van der Waals surface area contributed by atoms with Crippen LogP contribution < -0.4 is 0 Å². The molecule has 0 spiro atoms. The molecule has 0 bridgehead atoms. The summed E-state index contributed by atoms with van der Waals surface area (Å²) in [6, 6.07) is 3.68. The van der Waals surface area contributed by atoms with Crippen LogP contribution in [0.25, 0.3) is 0 Å². The smallest absolute Gasteiger partial charge is 0.346 e. The van der Waals surface area contributed by atoms with Crippen LogP contribution in [0.5, 0.6) is 0 Å². The molecule has 1 aliphatic carbocycles. The molecule has 1 heterocycles. The highest BCUT2D eigenvalue weighted by Crippen LogP contribution is 2.30. The van der Waals surface area contributed by atoms with Crippen molar-refractivity contribution in [1.29, 1.82) is 0 Å². The first-order chi connectivity index (χ1) is 7.65. The number of fused-ring (bicyclic) bond motifs is 2. The Morgan fingerprint density at radius 3 is 2.44 bits per heavy atom. The number of aryl methyl sites for hydroxylation is 1. The van der Waals surface area contributed by atoms with Crippen molar-refractivity contribution < 1.29 is 14.3 Å². The highest BCUT2D eigenvalue weighted by molar-refractivity contribution is 6.14. The van der Waals surface area contributed by atoms with Gasteiger partial charge >= 0.3 is 11.9 Å². The van der Waals surface area contributed by atoms with E-state index >= 15 is 0 Å². The minimum Gasteiger partial charge on any atom is -0.386 e. The minimum atomic E-state index is -0.499. The molecule has 1 unspecified atom stereocenters. The zero-order valence-electron chi connectivity index (χ0n) is 9.08. The molecule has 0 radical (unpaired) electrons. The quantitative estimate of drug-likeness (QED) is 0.493. The number of rotatable bonds is 0. The van der Waals surface area contributed by atoms with E-state index in [0.717, 1.165) is 19.3 Å². The van der Waals surface area contributed by atoms with Crippen molar-refractivity contribution in [3.05, 3.63) is 34.4 Å². The maximum Gasteiger partial charge on any atom is 0.346 e. The molecule has 1 aromatic carbocycles. The lowest BCUT2D eigenvalue weighted by molar-refractivity contribution is 0.0444. The fraction of sp³-hybridized carbons (Fsp3) is 0.385. The number of hydrogen-bond donors (Lipinski definition) is 0. The van der Waals surface area contributed by atoms with Gasteiger partial charge in [0.1, 0.15) is 0 Å². The zero-order chi connectivity index (χ0) is 11.3. The first kappa shape index (κ1) is 9.58. The predicted octanol–water partition coefficient (Wildman–Crippen LogP) is 2.12. The Kier molecular flexibility index (Phi) is 1.90. The van der Waals surface area contributed by atoms with Crippen LogP contribution in [0.15, 0.2) is 12.1 Å². The molecule has 0 saturated carbocycles. The van der Waals surface area contributed by atoms with Crippen molar-refractivity contribution >= 4 is 11.9 Å². The van der Waals surface area contributed by atoms with Gasteiger partial charge in [0, 0.05) is 0 Å². The van der Waals surface area contributed by atoms with Gasteiger partial charge in [-0.1, -0.05) is 6.92 Å². The fourth-order valence-corrected chi connectivity index (χ4v) is 2.52. The first-order valence-corrected chi connectivity index (χ1v) is 5.57. The lowest BCUT2D eigenvalue weighted by Gasteiger charge is -2.21. The van der Waals surface area contributed by atoms with E-state index in [1.165, 1.54) is 11.1 Å². The number of carbonyl (C=O) groups excluding carboxylic acids is 2. The van der Waals surface area contributed by atoms with Gasteiger partial charge in [0.05, 0.1) is 11.1 Å². The molecule has 1 aliphatic heterocycles. The third-order valence-corrected chi connectivity index (χ3v) is 3.44. The van der Waals surface area contributed by atoms with Crippen molar-refractivity contribution in [1.82, 2.24) is 0 Å². The van der Waals surface area contributed by atoms with Crippen LogP contribution >= 0.6 is 0 Å². The number of esters is 2. The summed E-state index contributed by atoms with van der Waals surface area (Å²) in [7, 11) is 0. The Morgan fingerprint density at radius 2 is 1.75 bits per heavy atom. The molecular formula is C13H12O3. The summed E-state index contributed by atoms with van der Waals surface area (Å²) in [4.78, 5) is 22.8. The third kappa shape index (κ3) is 1.28. The van der Waals surface area contributed by atoms with E-state index in [1.807, 2.05) is 12.1 Å². The van der Waals surface area contributed by atoms with Crippen molar-refractivity contribution in [3.63, 3.8) is 0 Å². The van der Waals surface area contributed by atoms with Crippen LogP contribution in [0.4, 0.5) is 0 Å². The zero-order valence-corrected chi connectivity index (χ0v) is 9.08. The van der Waals surface area contributed by atoms with E-state index in [2.05, 4.69) is 11.7 Å². The van der Waals surface area contributed by atoms with E-state index < -0.39 is 11.9 Å². The highest BCUT2D eigenvalue weighted by atomic mass is 16.6. The topological polar surface area (TPSA) is 43.4 Å². The molecule has 0 N–H and O–H groups in total. The molecular weight excluding hydrogens is 204 g/mol. The Morgan fingerprint density at radius 1 is 1.12 bits per heavy atom. The fourth-order valence-electron chi connectivity index (χ4n) is 2.52. The minimum absolute atomic E-state index is 0.442. The molecule has 82 valence electrons. The summed E-state index contributed by atoms with van der Waals surface area (Å²) >= 11 is 0. The van der Waals surface area contributed by atoms with Crippen LogP contribution in [0.2, 0.25) is 0 Å². The molecule has 0 saturated heterocycles. The summed E-state index contributed by atoms with van der Waals surface area (Å²) in [5.41, 5.74) is 3.28. The van der Waals surface area contributed by atoms with E-state index in [9.17, 15) is 9.59 Å². The second-order valence-electron chi connectivity index (χ2n) is 4.69. The van der Waals surface area contributed by atoms with Crippen molar-refractivity contribution in [2.24, 2.45) is 5.92 Å². The van der Waals surface area contributed by atoms with Gasteiger partial charge in [-0.05, 0) is 48.4 Å². The van der Waals surface area contributed by atoms with Crippen molar-refractivity contribution in [3.8, 4) is 0 Å². The van der Waals surface area contributed by atoms with Gasteiger partial charge in [-0.25, -0.2) is 9.59 Å². The number of ether oxygens (including phenoxy) is 1. The van der Waals surface area contributed by atoms with E-state index in [-0.39, 0.29) is 0 Å². The lowest BCUT2D eigenvalue weighted by Crippen LogP contribution is -2.12. The number of benzene rings is 1. The summed E-state index contributed by atoms with van der Waals surface area (Å²) in [5, 5.41) is 0. The first-order valence-electron chi connectivity index (χ1n) is 5.57. The van der Waals surface area contributed by atoms with Crippen LogP contribution in [0.1, 0.15) is 45.2 Å². The van der Waals surface area contributed by atoms with Gasteiger partial charge in [0.15, 0.2) is 0 Å². The normalized spacial score (nSPS) is 22.7. The largest absolute Gasteiger partial charge is 0.386 e. The average Bonchev–Trinajstić information content (AvgIpc) is 2.52. The molecule has 0 aromatic heterocycles. The molecule has 0 amide bonds. The second-order valence-corrected chi connectivity index (χ2v) is 4.69. The summed E-state index contributed by atoms with van der Waals surface area (Å²) in [6.07, 6.45) is 3.13. The Hall–Kier alpha value is -1.64. The lowest BCUT2D eigenvalue weighted by atomic mass is 9.83. The third-order valence-electron chi connectivity index (χ3n) is 3.44. The van der Waals surface area contributed by atoms with Crippen LogP contribution in [0.3, 0.4) is 0 Å². The standard InChI is InChI=1S/C13H12O3/c1-7-2-3-8-5-10-11(6-9(8)4-7)13(15)16-12(10)14/h5-7H,2-4H2,1H3. The molecule has 1 atom stereocenters. The summed E-state index contributed by atoms with van der Waals surface area (Å²) in [5.74, 6) is -0.346. The molecule has 3 nitrogen and oxygen atoms in total. The Balaban J connectivity index is 2.15. The number of carbonyl (C=O) groups is 2. The van der Waals surface area contributed by atoms with Gasteiger partial charge in [-0.2, -0.15) is 0 Å². The second kappa shape index (κ2) is 3.17. The number of cyclic esters (lactones) is 2. The Bertz CT molecular complexity index is 502. The number of hydrogen-bond acceptors (Lipinski definition) is 3. The molecule has 16 heavy (non-hydrogen) atoms. The van der Waals surface area contributed by atoms with Crippen molar-refractivity contribution in [2.75, 3.05) is 0 Å². The maximum absolute atomic E-state index is 11.4. The maximum atomic E-state index is 11.4. The highest BCUT2D eigenvalue weighted by Gasteiger charge is 2.31. The molecule has 1 aromatic rings. The predicted molar refractivity (Wildman–Crippen MR) is 57.4 cm³/mol. The van der Waals surface area contributed by atoms with Gasteiger partial charge in [-0.3, -0.25) is 0 Å². The SMILES string of the molecule is CC1CCc2cc3c(cc2C1)C(=O)OC3=O. The monoisotopic (exact) mass is 216 g/mol.